The standard InChI is InChI=1S/C25H29NO4/c1-15-6-8-18(9-7-15)22(28)20-21(26(14-16(2)27)24(30)23(20)29)17-10-12-19(13-11-17)25(3,4)5/h6-13,16,21,27-28H,14H2,1-5H3/t16-,21-/m0/s1. The minimum atomic E-state index is -0.807. The molecule has 5 heteroatoms. The lowest BCUT2D eigenvalue weighted by Crippen LogP contribution is -2.35. The molecule has 0 aromatic heterocycles. The van der Waals surface area contributed by atoms with Crippen molar-refractivity contribution in [3.8, 4) is 0 Å². The highest BCUT2D eigenvalue weighted by atomic mass is 16.3. The number of aliphatic hydroxyl groups excluding tert-OH is 2. The molecule has 2 aromatic rings. The Morgan fingerprint density at radius 1 is 1.03 bits per heavy atom. The Kier molecular flexibility index (Phi) is 5.86. The number of Topliss-reactive ketones (excluding diaryl/α,β-unsaturated/α-hetero) is 1. The number of nitrogens with zero attached hydrogens (tertiary/aromatic N) is 1. The van der Waals surface area contributed by atoms with Gasteiger partial charge in [0.2, 0.25) is 0 Å². The molecule has 3 rings (SSSR count). The molecule has 0 radical (unpaired) electrons. The molecule has 1 aliphatic heterocycles. The third-order valence-corrected chi connectivity index (χ3v) is 5.42. The van der Waals surface area contributed by atoms with E-state index in [1.165, 1.54) is 4.90 Å². The number of β-amino-alcohol motifs (C(OH)–C–C–N with tert-alkyl or cyclic N) is 1. The van der Waals surface area contributed by atoms with Crippen molar-refractivity contribution in [1.82, 2.24) is 4.90 Å². The van der Waals surface area contributed by atoms with Crippen LogP contribution in [0.1, 0.15) is 56.0 Å². The van der Waals surface area contributed by atoms with Gasteiger partial charge < -0.3 is 15.1 Å². The lowest BCUT2D eigenvalue weighted by Gasteiger charge is -2.27. The van der Waals surface area contributed by atoms with Gasteiger partial charge in [-0.25, -0.2) is 0 Å². The fraction of sp³-hybridized carbons (Fsp3) is 0.360. The number of likely N-dealkylation sites (tertiary alicyclic amines) is 1. The SMILES string of the molecule is Cc1ccc(C(O)=C2C(=O)C(=O)N(C[C@H](C)O)[C@H]2c2ccc(C(C)(C)C)cc2)cc1. The van der Waals surface area contributed by atoms with Crippen LogP contribution >= 0.6 is 0 Å². The summed E-state index contributed by atoms with van der Waals surface area (Å²) in [4.78, 5) is 27.0. The number of amides is 1. The summed E-state index contributed by atoms with van der Waals surface area (Å²) in [5, 5.41) is 20.9. The maximum absolute atomic E-state index is 12.9. The van der Waals surface area contributed by atoms with Crippen LogP contribution in [0.4, 0.5) is 0 Å². The van der Waals surface area contributed by atoms with Gasteiger partial charge in [-0.05, 0) is 30.4 Å². The Morgan fingerprint density at radius 2 is 1.60 bits per heavy atom. The molecule has 0 spiro atoms. The van der Waals surface area contributed by atoms with Crippen LogP contribution in [-0.4, -0.2) is 39.5 Å². The summed E-state index contributed by atoms with van der Waals surface area (Å²) in [7, 11) is 0. The van der Waals surface area contributed by atoms with E-state index in [1.54, 1.807) is 19.1 Å². The van der Waals surface area contributed by atoms with Crippen molar-refractivity contribution in [1.29, 1.82) is 0 Å². The van der Waals surface area contributed by atoms with E-state index >= 15 is 0 Å². The Morgan fingerprint density at radius 3 is 2.10 bits per heavy atom. The molecule has 158 valence electrons. The van der Waals surface area contributed by atoms with E-state index in [-0.39, 0.29) is 23.3 Å². The molecule has 0 aliphatic carbocycles. The third kappa shape index (κ3) is 4.17. The van der Waals surface area contributed by atoms with Gasteiger partial charge in [-0.2, -0.15) is 0 Å². The first-order chi connectivity index (χ1) is 14.0. The van der Waals surface area contributed by atoms with Crippen LogP contribution in [0.25, 0.3) is 5.76 Å². The Hall–Kier alpha value is -2.92. The van der Waals surface area contributed by atoms with E-state index in [0.29, 0.717) is 5.56 Å². The number of ketones is 1. The highest BCUT2D eigenvalue weighted by Gasteiger charge is 2.46. The van der Waals surface area contributed by atoms with Crippen molar-refractivity contribution in [3.05, 3.63) is 76.4 Å². The van der Waals surface area contributed by atoms with Crippen LogP contribution in [0.2, 0.25) is 0 Å². The maximum Gasteiger partial charge on any atom is 0.295 e. The molecule has 30 heavy (non-hydrogen) atoms. The minimum absolute atomic E-state index is 0.000933. The number of benzene rings is 2. The number of aryl methyl sites for hydroxylation is 1. The van der Waals surface area contributed by atoms with Gasteiger partial charge in [-0.1, -0.05) is 74.9 Å². The van der Waals surface area contributed by atoms with Crippen LogP contribution in [-0.2, 0) is 15.0 Å². The molecule has 1 fully saturated rings. The average molecular weight is 408 g/mol. The van der Waals surface area contributed by atoms with Crippen LogP contribution in [0, 0.1) is 6.92 Å². The van der Waals surface area contributed by atoms with Crippen molar-refractivity contribution < 1.29 is 19.8 Å². The van der Waals surface area contributed by atoms with Crippen molar-refractivity contribution in [2.24, 2.45) is 0 Å². The molecular formula is C25H29NO4. The zero-order chi connectivity index (χ0) is 22.2. The first kappa shape index (κ1) is 21.8. The van der Waals surface area contributed by atoms with Crippen LogP contribution < -0.4 is 0 Å². The smallest absolute Gasteiger partial charge is 0.295 e. The first-order valence-corrected chi connectivity index (χ1v) is 10.1. The average Bonchev–Trinajstić information content (AvgIpc) is 2.92. The van der Waals surface area contributed by atoms with Gasteiger partial charge in [0.15, 0.2) is 0 Å². The topological polar surface area (TPSA) is 77.8 Å². The normalized spacial score (nSPS) is 19.9. The van der Waals surface area contributed by atoms with E-state index < -0.39 is 23.8 Å². The van der Waals surface area contributed by atoms with Gasteiger partial charge in [0.25, 0.3) is 11.7 Å². The molecule has 1 amide bonds. The second-order valence-electron chi connectivity index (χ2n) is 9.04. The molecular weight excluding hydrogens is 378 g/mol. The molecule has 1 saturated heterocycles. The first-order valence-electron chi connectivity index (χ1n) is 10.1. The summed E-state index contributed by atoms with van der Waals surface area (Å²) in [5.74, 6) is -1.65. The highest BCUT2D eigenvalue weighted by molar-refractivity contribution is 6.46. The zero-order valence-electron chi connectivity index (χ0n) is 18.1. The molecule has 2 atom stereocenters. The summed E-state index contributed by atoms with van der Waals surface area (Å²) < 4.78 is 0. The maximum atomic E-state index is 12.9. The summed E-state index contributed by atoms with van der Waals surface area (Å²) >= 11 is 0. The number of rotatable bonds is 4. The predicted octanol–water partition coefficient (Wildman–Crippen LogP) is 4.10. The van der Waals surface area contributed by atoms with E-state index in [9.17, 15) is 19.8 Å². The van der Waals surface area contributed by atoms with Gasteiger partial charge in [0, 0.05) is 12.1 Å². The number of aliphatic hydroxyl groups is 2. The zero-order valence-corrected chi connectivity index (χ0v) is 18.1. The summed E-state index contributed by atoms with van der Waals surface area (Å²) in [5.41, 5.74) is 3.35. The second-order valence-corrected chi connectivity index (χ2v) is 9.04. The highest BCUT2D eigenvalue weighted by Crippen LogP contribution is 2.40. The minimum Gasteiger partial charge on any atom is -0.507 e. The fourth-order valence-electron chi connectivity index (χ4n) is 3.73. The van der Waals surface area contributed by atoms with Crippen molar-refractivity contribution in [2.75, 3.05) is 6.54 Å². The van der Waals surface area contributed by atoms with Crippen molar-refractivity contribution in [2.45, 2.75) is 52.2 Å². The molecule has 2 N–H and O–H groups in total. The number of hydrogen-bond donors (Lipinski definition) is 2. The lowest BCUT2D eigenvalue weighted by atomic mass is 9.85. The van der Waals surface area contributed by atoms with Gasteiger partial charge in [-0.15, -0.1) is 0 Å². The monoisotopic (exact) mass is 407 g/mol. The quantitative estimate of drug-likeness (QED) is 0.455. The van der Waals surface area contributed by atoms with E-state index in [2.05, 4.69) is 20.8 Å². The van der Waals surface area contributed by atoms with Gasteiger partial charge in [-0.3, -0.25) is 9.59 Å². The van der Waals surface area contributed by atoms with Crippen molar-refractivity contribution in [3.63, 3.8) is 0 Å². The Bertz CT molecular complexity index is 979. The summed E-state index contributed by atoms with van der Waals surface area (Å²) in [6.07, 6.45) is -0.807. The van der Waals surface area contributed by atoms with E-state index in [1.807, 2.05) is 43.3 Å². The van der Waals surface area contributed by atoms with Crippen molar-refractivity contribution >= 4 is 17.4 Å². The molecule has 1 aliphatic rings. The van der Waals surface area contributed by atoms with Gasteiger partial charge in [0.05, 0.1) is 17.7 Å². The predicted molar refractivity (Wildman–Crippen MR) is 117 cm³/mol. The summed E-state index contributed by atoms with van der Waals surface area (Å²) in [6, 6.07) is 14.1. The number of carbonyl (C=O) groups excluding carboxylic acids is 2. The van der Waals surface area contributed by atoms with E-state index in [4.69, 9.17) is 0 Å². The molecule has 2 aromatic carbocycles. The molecule has 1 heterocycles. The number of carbonyl (C=O) groups is 2. The largest absolute Gasteiger partial charge is 0.507 e. The lowest BCUT2D eigenvalue weighted by molar-refractivity contribution is -0.140. The molecule has 0 saturated carbocycles. The van der Waals surface area contributed by atoms with Crippen LogP contribution in [0.3, 0.4) is 0 Å². The van der Waals surface area contributed by atoms with Crippen LogP contribution in [0.5, 0.6) is 0 Å². The molecule has 5 nitrogen and oxygen atoms in total. The Balaban J connectivity index is 2.16. The van der Waals surface area contributed by atoms with Crippen LogP contribution in [0.15, 0.2) is 54.1 Å². The number of hydrogen-bond acceptors (Lipinski definition) is 4. The Labute approximate surface area is 177 Å². The third-order valence-electron chi connectivity index (χ3n) is 5.42. The molecule has 0 unspecified atom stereocenters. The van der Waals surface area contributed by atoms with Gasteiger partial charge >= 0.3 is 0 Å². The summed E-state index contributed by atoms with van der Waals surface area (Å²) in [6.45, 7) is 9.83. The van der Waals surface area contributed by atoms with E-state index in [0.717, 1.165) is 16.7 Å². The molecule has 0 bridgehead atoms. The fourth-order valence-corrected chi connectivity index (χ4v) is 3.73. The second kappa shape index (κ2) is 8.07. The van der Waals surface area contributed by atoms with Gasteiger partial charge in [0.1, 0.15) is 5.76 Å².